The predicted molar refractivity (Wildman–Crippen MR) is 70.4 cm³/mol. The highest BCUT2D eigenvalue weighted by Gasteiger charge is 2.55. The molecule has 0 saturated heterocycles. The highest BCUT2D eigenvalue weighted by molar-refractivity contribution is 7.55. The van der Waals surface area contributed by atoms with E-state index < -0.39 is 13.0 Å². The third kappa shape index (κ3) is 2.87. The number of benzene rings is 1. The van der Waals surface area contributed by atoms with Gasteiger partial charge in [0.1, 0.15) is 6.07 Å². The predicted octanol–water partition coefficient (Wildman–Crippen LogP) is 3.91. The third-order valence-electron chi connectivity index (χ3n) is 2.63. The normalized spacial score (nSPS) is 14.7. The maximum absolute atomic E-state index is 15.1. The van der Waals surface area contributed by atoms with E-state index >= 15 is 4.39 Å². The van der Waals surface area contributed by atoms with Gasteiger partial charge >= 0.3 is 13.0 Å². The Morgan fingerprint density at radius 2 is 1.84 bits per heavy atom. The Morgan fingerprint density at radius 1 is 1.32 bits per heavy atom. The molecule has 0 aliphatic carbocycles. The van der Waals surface area contributed by atoms with Gasteiger partial charge in [0, 0.05) is 5.56 Å². The summed E-state index contributed by atoms with van der Waals surface area (Å²) in [6, 6.07) is 7.82. The van der Waals surface area contributed by atoms with Crippen LogP contribution in [0, 0.1) is 18.3 Å². The van der Waals surface area contributed by atoms with E-state index in [2.05, 4.69) is 0 Å². The molecule has 1 atom stereocenters. The van der Waals surface area contributed by atoms with Gasteiger partial charge < -0.3 is 9.05 Å². The molecule has 0 aliphatic rings. The van der Waals surface area contributed by atoms with Crippen LogP contribution < -0.4 is 0 Å². The highest BCUT2D eigenvalue weighted by Crippen LogP contribution is 2.65. The van der Waals surface area contributed by atoms with Crippen LogP contribution in [0.5, 0.6) is 0 Å². The van der Waals surface area contributed by atoms with Crippen LogP contribution >= 0.6 is 7.60 Å². The van der Waals surface area contributed by atoms with Gasteiger partial charge in [0.15, 0.2) is 0 Å². The van der Waals surface area contributed by atoms with Crippen molar-refractivity contribution in [1.29, 1.82) is 5.26 Å². The summed E-state index contributed by atoms with van der Waals surface area (Å²) in [4.78, 5) is 0. The van der Waals surface area contributed by atoms with Crippen LogP contribution in [-0.2, 0) is 19.0 Å². The first-order valence-electron chi connectivity index (χ1n) is 6.00. The summed E-state index contributed by atoms with van der Waals surface area (Å²) in [7, 11) is -4.22. The van der Waals surface area contributed by atoms with Gasteiger partial charge in [-0.2, -0.15) is 5.26 Å². The average molecular weight is 285 g/mol. The van der Waals surface area contributed by atoms with Crippen molar-refractivity contribution in [3.63, 3.8) is 0 Å². The summed E-state index contributed by atoms with van der Waals surface area (Å²) in [6.45, 7) is 4.78. The monoisotopic (exact) mass is 285 g/mol. The summed E-state index contributed by atoms with van der Waals surface area (Å²) < 4.78 is 37.6. The van der Waals surface area contributed by atoms with Crippen LogP contribution in [-0.4, -0.2) is 13.2 Å². The fraction of sp³-hybridized carbons (Fsp3) is 0.462. The van der Waals surface area contributed by atoms with Gasteiger partial charge in [-0.1, -0.05) is 24.3 Å². The first kappa shape index (κ1) is 15.8. The molecule has 0 N–H and O–H groups in total. The van der Waals surface area contributed by atoms with E-state index in [-0.39, 0.29) is 18.8 Å². The lowest BCUT2D eigenvalue weighted by Gasteiger charge is -2.28. The van der Waals surface area contributed by atoms with E-state index in [4.69, 9.17) is 9.05 Å². The molecule has 0 bridgehead atoms. The molecule has 0 fully saturated rings. The van der Waals surface area contributed by atoms with Crippen LogP contribution in [0.25, 0.3) is 0 Å². The van der Waals surface area contributed by atoms with E-state index in [1.165, 1.54) is 12.1 Å². The van der Waals surface area contributed by atoms with Crippen molar-refractivity contribution in [2.75, 3.05) is 13.2 Å². The first-order valence-corrected chi connectivity index (χ1v) is 7.55. The lowest BCUT2D eigenvalue weighted by atomic mass is 10.1. The number of aryl methyl sites for hydroxylation is 1. The second kappa shape index (κ2) is 6.29. The summed E-state index contributed by atoms with van der Waals surface area (Å²) in [5, 5.41) is 6.39. The largest absolute Gasteiger partial charge is 0.386 e. The third-order valence-corrected chi connectivity index (χ3v) is 4.92. The van der Waals surface area contributed by atoms with Crippen molar-refractivity contribution in [2.45, 2.75) is 26.2 Å². The van der Waals surface area contributed by atoms with Crippen molar-refractivity contribution >= 4 is 7.60 Å². The Hall–Kier alpha value is -1.21. The molecule has 1 rings (SSSR count). The molecular weight excluding hydrogens is 268 g/mol. The molecule has 4 nitrogen and oxygen atoms in total. The minimum Gasteiger partial charge on any atom is -0.306 e. The van der Waals surface area contributed by atoms with Gasteiger partial charge in [0.2, 0.25) is 0 Å². The van der Waals surface area contributed by atoms with E-state index in [1.807, 2.05) is 0 Å². The fourth-order valence-corrected chi connectivity index (χ4v) is 3.55. The van der Waals surface area contributed by atoms with Crippen LogP contribution in [0.2, 0.25) is 0 Å². The Balaban J connectivity index is 3.42. The van der Waals surface area contributed by atoms with Crippen LogP contribution in [0.15, 0.2) is 24.3 Å². The topological polar surface area (TPSA) is 59.3 Å². The summed E-state index contributed by atoms with van der Waals surface area (Å²) in [5.74, 6) is 0. The van der Waals surface area contributed by atoms with E-state index in [1.54, 1.807) is 39.0 Å². The molecule has 0 aliphatic heterocycles. The zero-order valence-corrected chi connectivity index (χ0v) is 12.1. The Labute approximate surface area is 112 Å². The van der Waals surface area contributed by atoms with Crippen LogP contribution in [0.4, 0.5) is 4.39 Å². The number of nitrogens with zero attached hydrogens (tertiary/aromatic N) is 1. The van der Waals surface area contributed by atoms with Crippen LogP contribution in [0.1, 0.15) is 25.0 Å². The molecule has 6 heteroatoms. The van der Waals surface area contributed by atoms with Gasteiger partial charge in [-0.05, 0) is 26.3 Å². The van der Waals surface area contributed by atoms with Gasteiger partial charge in [-0.15, -0.1) is 0 Å². The summed E-state index contributed by atoms with van der Waals surface area (Å²) >= 11 is 0. The number of halogens is 1. The lowest BCUT2D eigenvalue weighted by Crippen LogP contribution is -2.22. The molecule has 104 valence electrons. The van der Waals surface area contributed by atoms with Gasteiger partial charge in [-0.25, -0.2) is 4.39 Å². The molecule has 1 unspecified atom stereocenters. The highest BCUT2D eigenvalue weighted by atomic mass is 31.2. The SMILES string of the molecule is CCOP(=O)(OCC)C(F)(C#N)c1ccccc1C. The standard InChI is InChI=1S/C13H17FNO3P/c1-4-17-19(16,18-5-2)13(14,10-15)12-9-7-6-8-11(12)3/h6-9H,4-5H2,1-3H3. The molecule has 0 saturated carbocycles. The zero-order chi connectivity index (χ0) is 14.5. The number of hydrogen-bond acceptors (Lipinski definition) is 4. The second-order valence-corrected chi connectivity index (χ2v) is 6.01. The molecule has 0 heterocycles. The molecule has 19 heavy (non-hydrogen) atoms. The molecule has 0 spiro atoms. The minimum absolute atomic E-state index is 0.00346. The van der Waals surface area contributed by atoms with E-state index in [0.29, 0.717) is 5.56 Å². The minimum atomic E-state index is -4.22. The van der Waals surface area contributed by atoms with Gasteiger partial charge in [-0.3, -0.25) is 4.57 Å². The van der Waals surface area contributed by atoms with E-state index in [9.17, 15) is 9.83 Å². The smallest absolute Gasteiger partial charge is 0.306 e. The lowest BCUT2D eigenvalue weighted by molar-refractivity contribution is 0.167. The summed E-state index contributed by atoms with van der Waals surface area (Å²) in [5.41, 5.74) is 0.536. The van der Waals surface area contributed by atoms with Gasteiger partial charge in [0.05, 0.1) is 13.2 Å². The molecule has 1 aromatic rings. The van der Waals surface area contributed by atoms with Crippen molar-refractivity contribution in [2.24, 2.45) is 0 Å². The summed E-state index contributed by atoms with van der Waals surface area (Å²) in [6.07, 6.45) is 0. The Bertz CT molecular complexity index is 519. The maximum atomic E-state index is 15.1. The number of hydrogen-bond donors (Lipinski definition) is 0. The van der Waals surface area contributed by atoms with Crippen molar-refractivity contribution in [3.05, 3.63) is 35.4 Å². The van der Waals surface area contributed by atoms with Crippen LogP contribution in [0.3, 0.4) is 0 Å². The molecular formula is C13H17FNO3P. The van der Waals surface area contributed by atoms with Gasteiger partial charge in [0.25, 0.3) is 0 Å². The average Bonchev–Trinajstić information content (AvgIpc) is 2.39. The number of nitriles is 1. The first-order chi connectivity index (χ1) is 8.95. The van der Waals surface area contributed by atoms with E-state index in [0.717, 1.165) is 0 Å². The molecule has 1 aromatic carbocycles. The Kier molecular flexibility index (Phi) is 5.25. The van der Waals surface area contributed by atoms with Crippen molar-refractivity contribution < 1.29 is 18.0 Å². The number of rotatable bonds is 6. The van der Waals surface area contributed by atoms with Crippen molar-refractivity contribution in [1.82, 2.24) is 0 Å². The maximum Gasteiger partial charge on any atom is 0.386 e. The second-order valence-electron chi connectivity index (χ2n) is 3.88. The zero-order valence-electron chi connectivity index (χ0n) is 11.2. The van der Waals surface area contributed by atoms with Crippen molar-refractivity contribution in [3.8, 4) is 6.07 Å². The quantitative estimate of drug-likeness (QED) is 0.743. The Morgan fingerprint density at radius 3 is 2.26 bits per heavy atom. The number of alkyl halides is 1. The molecule has 0 radical (unpaired) electrons. The fourth-order valence-electron chi connectivity index (χ4n) is 1.77. The molecule has 0 amide bonds. The molecule has 0 aromatic heterocycles.